The number of rotatable bonds is 8. The number of ether oxygens (including phenoxy) is 1. The van der Waals surface area contributed by atoms with E-state index in [0.717, 1.165) is 42.1 Å². The molecule has 4 heteroatoms. The molecule has 1 aromatic heterocycles. The molecule has 0 radical (unpaired) electrons. The minimum atomic E-state index is 0.561. The van der Waals surface area contributed by atoms with E-state index in [0.29, 0.717) is 6.61 Å². The highest BCUT2D eigenvalue weighted by Gasteiger charge is 2.10. The third-order valence-corrected chi connectivity index (χ3v) is 5.51. The smallest absolute Gasteiger partial charge is 0.124 e. The molecule has 5 aromatic rings. The van der Waals surface area contributed by atoms with Gasteiger partial charge in [-0.15, -0.1) is 0 Å². The third kappa shape index (κ3) is 4.44. The molecule has 0 aliphatic carbocycles. The third-order valence-electron chi connectivity index (χ3n) is 5.51. The van der Waals surface area contributed by atoms with E-state index in [9.17, 15) is 0 Å². The van der Waals surface area contributed by atoms with Gasteiger partial charge in [0.2, 0.25) is 0 Å². The van der Waals surface area contributed by atoms with Crippen molar-refractivity contribution in [3.63, 3.8) is 0 Å². The Hall–Kier alpha value is -3.63. The van der Waals surface area contributed by atoms with Crippen molar-refractivity contribution in [1.29, 1.82) is 0 Å². The van der Waals surface area contributed by atoms with Crippen molar-refractivity contribution < 1.29 is 4.74 Å². The van der Waals surface area contributed by atoms with E-state index >= 15 is 0 Å². The molecule has 0 atom stereocenters. The molecule has 1 heterocycles. The number of para-hydroxylation sites is 2. The highest BCUT2D eigenvalue weighted by molar-refractivity contribution is 5.87. The van der Waals surface area contributed by atoms with Crippen LogP contribution < -0.4 is 10.1 Å². The Bertz CT molecular complexity index is 1260. The van der Waals surface area contributed by atoms with Gasteiger partial charge in [-0.1, -0.05) is 72.8 Å². The van der Waals surface area contributed by atoms with Crippen LogP contribution in [-0.4, -0.2) is 16.5 Å². The van der Waals surface area contributed by atoms with Crippen LogP contribution in [0.15, 0.2) is 91.0 Å². The Labute approximate surface area is 181 Å². The van der Waals surface area contributed by atoms with Gasteiger partial charge in [0.25, 0.3) is 0 Å². The summed E-state index contributed by atoms with van der Waals surface area (Å²) < 4.78 is 6.23. The Morgan fingerprint density at radius 1 is 0.806 bits per heavy atom. The lowest BCUT2D eigenvalue weighted by Gasteiger charge is -2.15. The average molecular weight is 408 g/mol. The molecule has 0 amide bonds. The molecule has 5 rings (SSSR count). The molecule has 0 fully saturated rings. The van der Waals surface area contributed by atoms with E-state index in [1.54, 1.807) is 0 Å². The summed E-state index contributed by atoms with van der Waals surface area (Å²) in [6.07, 6.45) is 0.847. The number of hydrogen-bond donors (Lipinski definition) is 2. The van der Waals surface area contributed by atoms with Gasteiger partial charge in [0.1, 0.15) is 18.2 Å². The number of imidazole rings is 1. The molecule has 0 unspecified atom stereocenters. The summed E-state index contributed by atoms with van der Waals surface area (Å²) in [5.74, 6) is 1.94. The standard InChI is InChI=1S/C27H25N3O/c1-2-8-20(9-3-1)19-31-26-15-14-21-10-4-5-11-22(21)23(26)18-28-17-16-27-29-24-12-6-7-13-25(24)30-27/h1-15,28H,16-19H2,(H,29,30). The van der Waals surface area contributed by atoms with Crippen molar-refractivity contribution in [2.75, 3.05) is 6.54 Å². The first kappa shape index (κ1) is 19.3. The van der Waals surface area contributed by atoms with Gasteiger partial charge in [-0.2, -0.15) is 0 Å². The predicted octanol–water partition coefficient (Wildman–Crippen LogP) is 5.63. The fourth-order valence-electron chi connectivity index (χ4n) is 3.91. The van der Waals surface area contributed by atoms with Gasteiger partial charge in [-0.25, -0.2) is 4.98 Å². The minimum absolute atomic E-state index is 0.561. The highest BCUT2D eigenvalue weighted by Crippen LogP contribution is 2.28. The van der Waals surface area contributed by atoms with Crippen molar-refractivity contribution in [1.82, 2.24) is 15.3 Å². The average Bonchev–Trinajstić information content (AvgIpc) is 3.24. The molecule has 0 bridgehead atoms. The molecule has 4 nitrogen and oxygen atoms in total. The van der Waals surface area contributed by atoms with Gasteiger partial charge in [-0.05, 0) is 34.5 Å². The molecule has 154 valence electrons. The molecule has 4 aromatic carbocycles. The maximum Gasteiger partial charge on any atom is 0.124 e. The molecule has 2 N–H and O–H groups in total. The van der Waals surface area contributed by atoms with Crippen LogP contribution in [-0.2, 0) is 19.6 Å². The Kier molecular flexibility index (Phi) is 5.63. The van der Waals surface area contributed by atoms with Crippen molar-refractivity contribution in [3.05, 3.63) is 108 Å². The van der Waals surface area contributed by atoms with Crippen LogP contribution in [0.25, 0.3) is 21.8 Å². The molecule has 0 aliphatic heterocycles. The summed E-state index contributed by atoms with van der Waals surface area (Å²) in [5, 5.41) is 6.04. The zero-order chi connectivity index (χ0) is 20.9. The van der Waals surface area contributed by atoms with Crippen LogP contribution in [0.4, 0.5) is 0 Å². The van der Waals surface area contributed by atoms with Crippen molar-refractivity contribution in [3.8, 4) is 5.75 Å². The zero-order valence-electron chi connectivity index (χ0n) is 17.3. The molecular weight excluding hydrogens is 382 g/mol. The lowest BCUT2D eigenvalue weighted by molar-refractivity contribution is 0.303. The summed E-state index contributed by atoms with van der Waals surface area (Å²) in [6.45, 7) is 2.14. The van der Waals surface area contributed by atoms with Crippen LogP contribution in [0.1, 0.15) is 17.0 Å². The van der Waals surface area contributed by atoms with E-state index in [1.165, 1.54) is 21.9 Å². The van der Waals surface area contributed by atoms with Gasteiger partial charge in [0.15, 0.2) is 0 Å². The first-order valence-electron chi connectivity index (χ1n) is 10.7. The lowest BCUT2D eigenvalue weighted by Crippen LogP contribution is -2.18. The molecular formula is C27H25N3O. The van der Waals surface area contributed by atoms with Crippen LogP contribution in [0.2, 0.25) is 0 Å². The number of aromatic amines is 1. The van der Waals surface area contributed by atoms with Crippen LogP contribution in [0, 0.1) is 0 Å². The van der Waals surface area contributed by atoms with E-state index in [-0.39, 0.29) is 0 Å². The van der Waals surface area contributed by atoms with Gasteiger partial charge in [0, 0.05) is 25.1 Å². The second-order valence-electron chi connectivity index (χ2n) is 7.67. The fourth-order valence-corrected chi connectivity index (χ4v) is 3.91. The topological polar surface area (TPSA) is 49.9 Å². The quantitative estimate of drug-likeness (QED) is 0.328. The van der Waals surface area contributed by atoms with Crippen molar-refractivity contribution >= 4 is 21.8 Å². The predicted molar refractivity (Wildman–Crippen MR) is 126 cm³/mol. The Morgan fingerprint density at radius 3 is 2.52 bits per heavy atom. The Balaban J connectivity index is 1.29. The minimum Gasteiger partial charge on any atom is -0.489 e. The first-order valence-corrected chi connectivity index (χ1v) is 10.7. The van der Waals surface area contributed by atoms with Crippen LogP contribution in [0.5, 0.6) is 5.75 Å². The van der Waals surface area contributed by atoms with E-state index in [4.69, 9.17) is 4.74 Å². The normalized spacial score (nSPS) is 11.2. The van der Waals surface area contributed by atoms with E-state index in [2.05, 4.69) is 69.9 Å². The SMILES string of the molecule is c1ccc(COc2ccc3ccccc3c2CNCCc2nc3ccccc3[nH]2)cc1. The number of nitrogens with one attached hydrogen (secondary N) is 2. The number of aromatic nitrogens is 2. The molecule has 0 aliphatic rings. The van der Waals surface area contributed by atoms with Gasteiger partial charge < -0.3 is 15.0 Å². The number of benzene rings is 4. The summed E-state index contributed by atoms with van der Waals surface area (Å²) >= 11 is 0. The summed E-state index contributed by atoms with van der Waals surface area (Å²) in [6, 6.07) is 31.1. The summed E-state index contributed by atoms with van der Waals surface area (Å²) in [4.78, 5) is 8.07. The molecule has 31 heavy (non-hydrogen) atoms. The zero-order valence-corrected chi connectivity index (χ0v) is 17.3. The monoisotopic (exact) mass is 407 g/mol. The molecule has 0 saturated heterocycles. The van der Waals surface area contributed by atoms with Gasteiger partial charge in [-0.3, -0.25) is 0 Å². The highest BCUT2D eigenvalue weighted by atomic mass is 16.5. The van der Waals surface area contributed by atoms with Gasteiger partial charge in [0.05, 0.1) is 11.0 Å². The number of H-pyrrole nitrogens is 1. The first-order chi connectivity index (χ1) is 15.4. The lowest BCUT2D eigenvalue weighted by atomic mass is 10.0. The molecule has 0 saturated carbocycles. The van der Waals surface area contributed by atoms with E-state index < -0.39 is 0 Å². The van der Waals surface area contributed by atoms with E-state index in [1.807, 2.05) is 36.4 Å². The maximum absolute atomic E-state index is 6.23. The fraction of sp³-hybridized carbons (Fsp3) is 0.148. The summed E-state index contributed by atoms with van der Waals surface area (Å²) in [5.41, 5.74) is 4.46. The Morgan fingerprint density at radius 2 is 1.61 bits per heavy atom. The molecule has 0 spiro atoms. The van der Waals surface area contributed by atoms with Crippen molar-refractivity contribution in [2.24, 2.45) is 0 Å². The van der Waals surface area contributed by atoms with Crippen molar-refractivity contribution in [2.45, 2.75) is 19.6 Å². The second kappa shape index (κ2) is 9.02. The largest absolute Gasteiger partial charge is 0.489 e. The maximum atomic E-state index is 6.23. The second-order valence-corrected chi connectivity index (χ2v) is 7.67. The number of nitrogens with zero attached hydrogens (tertiary/aromatic N) is 1. The van der Waals surface area contributed by atoms with Gasteiger partial charge >= 0.3 is 0 Å². The van der Waals surface area contributed by atoms with Crippen LogP contribution >= 0.6 is 0 Å². The number of fused-ring (bicyclic) bond motifs is 2. The van der Waals surface area contributed by atoms with Crippen LogP contribution in [0.3, 0.4) is 0 Å². The number of hydrogen-bond acceptors (Lipinski definition) is 3. The summed E-state index contributed by atoms with van der Waals surface area (Å²) in [7, 11) is 0.